The molecule has 0 spiro atoms. The van der Waals surface area contributed by atoms with Gasteiger partial charge in [-0.15, -0.1) is 0 Å². The zero-order valence-corrected chi connectivity index (χ0v) is 14.6. The third-order valence-electron chi connectivity index (χ3n) is 4.54. The van der Waals surface area contributed by atoms with E-state index in [0.717, 1.165) is 24.6 Å². The summed E-state index contributed by atoms with van der Waals surface area (Å²) in [7, 11) is 0. The standard InChI is InChI=1S/C20H19F2N5/c21-15-5-7-16(8-6-15)24-20-23-10-9-19(25-20)27-13-11-26(12-14-27)18-4-2-1-3-17(18)22/h1-10H,11-14H2,(H,23,24,25). The lowest BCUT2D eigenvalue weighted by Gasteiger charge is -2.36. The van der Waals surface area contributed by atoms with Crippen molar-refractivity contribution in [3.63, 3.8) is 0 Å². The van der Waals surface area contributed by atoms with Crippen LogP contribution in [-0.2, 0) is 0 Å². The Bertz CT molecular complexity index is 908. The van der Waals surface area contributed by atoms with Crippen LogP contribution in [0.2, 0.25) is 0 Å². The SMILES string of the molecule is Fc1ccc(Nc2nccc(N3CCN(c4ccccc4F)CC3)n2)cc1. The van der Waals surface area contributed by atoms with Crippen molar-refractivity contribution >= 4 is 23.1 Å². The molecule has 0 atom stereocenters. The largest absolute Gasteiger partial charge is 0.366 e. The van der Waals surface area contributed by atoms with Crippen molar-refractivity contribution in [2.24, 2.45) is 0 Å². The van der Waals surface area contributed by atoms with E-state index in [2.05, 4.69) is 20.2 Å². The van der Waals surface area contributed by atoms with Gasteiger partial charge in [-0.1, -0.05) is 12.1 Å². The molecule has 5 nitrogen and oxygen atoms in total. The predicted molar refractivity (Wildman–Crippen MR) is 103 cm³/mol. The summed E-state index contributed by atoms with van der Waals surface area (Å²) in [6, 6.07) is 14.7. The number of halogens is 2. The molecular weight excluding hydrogens is 348 g/mol. The Balaban J connectivity index is 1.42. The van der Waals surface area contributed by atoms with Crippen molar-refractivity contribution in [3.05, 3.63) is 72.4 Å². The number of benzene rings is 2. The molecule has 0 amide bonds. The number of hydrogen-bond donors (Lipinski definition) is 1. The third-order valence-corrected chi connectivity index (χ3v) is 4.54. The number of rotatable bonds is 4. The van der Waals surface area contributed by atoms with E-state index in [1.54, 1.807) is 30.5 Å². The van der Waals surface area contributed by atoms with Gasteiger partial charge in [0.1, 0.15) is 17.5 Å². The molecule has 1 aliphatic heterocycles. The molecule has 1 saturated heterocycles. The fourth-order valence-electron chi connectivity index (χ4n) is 3.13. The lowest BCUT2D eigenvalue weighted by atomic mass is 10.2. The summed E-state index contributed by atoms with van der Waals surface area (Å²) in [5.74, 6) is 0.778. The Morgan fingerprint density at radius 1 is 0.815 bits per heavy atom. The van der Waals surface area contributed by atoms with Crippen LogP contribution in [0.1, 0.15) is 0 Å². The molecule has 7 heteroatoms. The minimum absolute atomic E-state index is 0.196. The van der Waals surface area contributed by atoms with Crippen LogP contribution in [0.3, 0.4) is 0 Å². The minimum atomic E-state index is -0.289. The molecule has 2 heterocycles. The van der Waals surface area contributed by atoms with Crippen molar-refractivity contribution in [3.8, 4) is 0 Å². The van der Waals surface area contributed by atoms with Gasteiger partial charge in [0.15, 0.2) is 0 Å². The van der Waals surface area contributed by atoms with Gasteiger partial charge in [0.25, 0.3) is 0 Å². The van der Waals surface area contributed by atoms with E-state index in [1.165, 1.54) is 18.2 Å². The number of para-hydroxylation sites is 1. The van der Waals surface area contributed by atoms with Gasteiger partial charge in [-0.05, 0) is 42.5 Å². The summed E-state index contributed by atoms with van der Waals surface area (Å²) < 4.78 is 27.0. The monoisotopic (exact) mass is 367 g/mol. The molecule has 3 aromatic rings. The topological polar surface area (TPSA) is 44.3 Å². The van der Waals surface area contributed by atoms with E-state index >= 15 is 0 Å². The molecule has 2 aromatic carbocycles. The molecule has 0 aliphatic carbocycles. The zero-order valence-electron chi connectivity index (χ0n) is 14.6. The van der Waals surface area contributed by atoms with E-state index in [-0.39, 0.29) is 11.6 Å². The smallest absolute Gasteiger partial charge is 0.229 e. The highest BCUT2D eigenvalue weighted by Gasteiger charge is 2.20. The number of nitrogens with zero attached hydrogens (tertiary/aromatic N) is 4. The Labute approximate surface area is 156 Å². The van der Waals surface area contributed by atoms with E-state index in [9.17, 15) is 8.78 Å². The van der Waals surface area contributed by atoms with Gasteiger partial charge < -0.3 is 15.1 Å². The molecule has 1 fully saturated rings. The van der Waals surface area contributed by atoms with E-state index in [4.69, 9.17) is 0 Å². The van der Waals surface area contributed by atoms with Crippen LogP contribution in [-0.4, -0.2) is 36.1 Å². The summed E-state index contributed by atoms with van der Waals surface area (Å²) in [5.41, 5.74) is 1.36. The second-order valence-corrected chi connectivity index (χ2v) is 6.30. The number of anilines is 4. The van der Waals surface area contributed by atoms with Gasteiger partial charge in [-0.3, -0.25) is 0 Å². The van der Waals surface area contributed by atoms with Crippen molar-refractivity contribution in [1.82, 2.24) is 9.97 Å². The highest BCUT2D eigenvalue weighted by atomic mass is 19.1. The van der Waals surface area contributed by atoms with Gasteiger partial charge in [0.2, 0.25) is 5.95 Å². The van der Waals surface area contributed by atoms with Crippen LogP contribution in [0, 0.1) is 11.6 Å². The molecule has 0 unspecified atom stereocenters. The molecule has 0 radical (unpaired) electrons. The van der Waals surface area contributed by atoms with Crippen LogP contribution in [0.5, 0.6) is 0 Å². The molecule has 4 rings (SSSR count). The summed E-state index contributed by atoms with van der Waals surface area (Å²) in [6.45, 7) is 2.90. The average molecular weight is 367 g/mol. The maximum Gasteiger partial charge on any atom is 0.229 e. The first-order chi connectivity index (χ1) is 13.2. The molecule has 0 saturated carbocycles. The van der Waals surface area contributed by atoms with Crippen molar-refractivity contribution in [2.75, 3.05) is 41.3 Å². The highest BCUT2D eigenvalue weighted by Crippen LogP contribution is 2.23. The first-order valence-electron chi connectivity index (χ1n) is 8.79. The molecular formula is C20H19F2N5. The Kier molecular flexibility index (Phi) is 4.82. The summed E-state index contributed by atoms with van der Waals surface area (Å²) >= 11 is 0. The van der Waals surface area contributed by atoms with E-state index in [1.807, 2.05) is 17.0 Å². The van der Waals surface area contributed by atoms with E-state index in [0.29, 0.717) is 24.7 Å². The molecule has 1 aliphatic rings. The lowest BCUT2D eigenvalue weighted by molar-refractivity contribution is 0.596. The van der Waals surface area contributed by atoms with Crippen molar-refractivity contribution in [2.45, 2.75) is 0 Å². The average Bonchev–Trinajstić information content (AvgIpc) is 2.71. The van der Waals surface area contributed by atoms with Gasteiger partial charge in [0.05, 0.1) is 5.69 Å². The Hall–Kier alpha value is -3.22. The zero-order chi connectivity index (χ0) is 18.6. The van der Waals surface area contributed by atoms with Crippen LogP contribution in [0.15, 0.2) is 60.8 Å². The maximum absolute atomic E-state index is 14.0. The van der Waals surface area contributed by atoms with Crippen molar-refractivity contribution < 1.29 is 8.78 Å². The van der Waals surface area contributed by atoms with Crippen LogP contribution in [0.25, 0.3) is 0 Å². The van der Waals surface area contributed by atoms with Gasteiger partial charge in [0, 0.05) is 38.1 Å². The normalized spacial score (nSPS) is 14.3. The lowest BCUT2D eigenvalue weighted by Crippen LogP contribution is -2.47. The van der Waals surface area contributed by atoms with Crippen LogP contribution < -0.4 is 15.1 Å². The second kappa shape index (κ2) is 7.57. The molecule has 27 heavy (non-hydrogen) atoms. The van der Waals surface area contributed by atoms with Crippen LogP contribution >= 0.6 is 0 Å². The fraction of sp³-hybridized carbons (Fsp3) is 0.200. The number of nitrogens with one attached hydrogen (secondary N) is 1. The van der Waals surface area contributed by atoms with E-state index < -0.39 is 0 Å². The van der Waals surface area contributed by atoms with Gasteiger partial charge in [-0.2, -0.15) is 4.98 Å². The maximum atomic E-state index is 14.0. The molecule has 1 aromatic heterocycles. The molecule has 138 valence electrons. The Morgan fingerprint density at radius 2 is 1.52 bits per heavy atom. The fourth-order valence-corrected chi connectivity index (χ4v) is 3.13. The first-order valence-corrected chi connectivity index (χ1v) is 8.79. The van der Waals surface area contributed by atoms with Crippen molar-refractivity contribution in [1.29, 1.82) is 0 Å². The summed E-state index contributed by atoms with van der Waals surface area (Å²) in [4.78, 5) is 13.0. The predicted octanol–water partition coefficient (Wildman–Crippen LogP) is 3.83. The summed E-state index contributed by atoms with van der Waals surface area (Å²) in [5, 5.41) is 3.08. The van der Waals surface area contributed by atoms with Gasteiger partial charge in [-0.25, -0.2) is 13.8 Å². The Morgan fingerprint density at radius 3 is 2.26 bits per heavy atom. The summed E-state index contributed by atoms with van der Waals surface area (Å²) in [6.07, 6.45) is 1.69. The highest BCUT2D eigenvalue weighted by molar-refractivity contribution is 5.55. The number of aromatic nitrogens is 2. The molecule has 1 N–H and O–H groups in total. The second-order valence-electron chi connectivity index (χ2n) is 6.30. The first kappa shape index (κ1) is 17.2. The molecule has 0 bridgehead atoms. The van der Waals surface area contributed by atoms with Crippen LogP contribution in [0.4, 0.5) is 31.9 Å². The minimum Gasteiger partial charge on any atom is -0.366 e. The third kappa shape index (κ3) is 3.97. The quantitative estimate of drug-likeness (QED) is 0.759. The number of hydrogen-bond acceptors (Lipinski definition) is 5. The number of piperazine rings is 1. The van der Waals surface area contributed by atoms with Gasteiger partial charge >= 0.3 is 0 Å².